The second-order valence-corrected chi connectivity index (χ2v) is 8.54. The molecular weight excluding hydrogens is 332 g/mol. The number of nitrogens with one attached hydrogen (secondary N) is 1. The number of hydrogen-bond acceptors (Lipinski definition) is 4. The summed E-state index contributed by atoms with van der Waals surface area (Å²) < 4.78 is 0. The van der Waals surface area contributed by atoms with Crippen LogP contribution >= 0.6 is 0 Å². The van der Waals surface area contributed by atoms with Gasteiger partial charge in [0.2, 0.25) is 5.95 Å². The van der Waals surface area contributed by atoms with Crippen molar-refractivity contribution in [3.05, 3.63) is 54.7 Å². The molecule has 2 aromatic carbocycles. The largest absolute Gasteiger partial charge is 0.340 e. The van der Waals surface area contributed by atoms with Crippen molar-refractivity contribution < 1.29 is 0 Å². The van der Waals surface area contributed by atoms with E-state index in [1.165, 1.54) is 17.2 Å². The monoisotopic (exact) mass is 360 g/mol. The van der Waals surface area contributed by atoms with Crippen LogP contribution in [0.15, 0.2) is 54.7 Å². The van der Waals surface area contributed by atoms with Gasteiger partial charge >= 0.3 is 0 Å². The molecule has 0 saturated carbocycles. The van der Waals surface area contributed by atoms with Gasteiger partial charge in [0.1, 0.15) is 0 Å². The van der Waals surface area contributed by atoms with Crippen LogP contribution in [0, 0.1) is 5.92 Å². The molecule has 1 aliphatic rings. The standard InChI is InChI=1S/C23H28N4/c1-23(2,3)25-15-17-11-13-27(16-17)22-24-12-10-21(26-22)20-9-8-18-6-4-5-7-19(18)14-20/h4-10,12,14,17,25H,11,13,15-16H2,1-3H3/t17-/m0/s1. The Kier molecular flexibility index (Phi) is 4.83. The van der Waals surface area contributed by atoms with Gasteiger partial charge in [0.15, 0.2) is 0 Å². The lowest BCUT2D eigenvalue weighted by molar-refractivity contribution is 0.383. The molecule has 0 radical (unpaired) electrons. The summed E-state index contributed by atoms with van der Waals surface area (Å²) in [6.45, 7) is 9.74. The molecule has 4 heteroatoms. The van der Waals surface area contributed by atoms with Crippen molar-refractivity contribution in [3.63, 3.8) is 0 Å². The summed E-state index contributed by atoms with van der Waals surface area (Å²) >= 11 is 0. The molecule has 0 bridgehead atoms. The average Bonchev–Trinajstić information content (AvgIpc) is 3.15. The molecule has 0 spiro atoms. The van der Waals surface area contributed by atoms with Gasteiger partial charge in [0, 0.05) is 36.9 Å². The lowest BCUT2D eigenvalue weighted by Crippen LogP contribution is -2.39. The maximum atomic E-state index is 4.87. The van der Waals surface area contributed by atoms with Crippen molar-refractivity contribution in [2.24, 2.45) is 5.92 Å². The third kappa shape index (κ3) is 4.28. The predicted octanol–water partition coefficient (Wildman–Crippen LogP) is 4.51. The van der Waals surface area contributed by atoms with Crippen LogP contribution in [0.1, 0.15) is 27.2 Å². The highest BCUT2D eigenvalue weighted by atomic mass is 15.3. The number of fused-ring (bicyclic) bond motifs is 1. The van der Waals surface area contributed by atoms with Gasteiger partial charge in [-0.2, -0.15) is 0 Å². The van der Waals surface area contributed by atoms with E-state index in [0.717, 1.165) is 36.8 Å². The summed E-state index contributed by atoms with van der Waals surface area (Å²) in [4.78, 5) is 11.7. The maximum Gasteiger partial charge on any atom is 0.225 e. The molecule has 1 N–H and O–H groups in total. The van der Waals surface area contributed by atoms with Crippen molar-refractivity contribution in [1.29, 1.82) is 0 Å². The smallest absolute Gasteiger partial charge is 0.225 e. The van der Waals surface area contributed by atoms with Gasteiger partial charge in [-0.1, -0.05) is 36.4 Å². The highest BCUT2D eigenvalue weighted by Gasteiger charge is 2.25. The van der Waals surface area contributed by atoms with Crippen LogP contribution in [-0.4, -0.2) is 35.1 Å². The fraction of sp³-hybridized carbons (Fsp3) is 0.391. The highest BCUT2D eigenvalue weighted by molar-refractivity contribution is 5.86. The zero-order chi connectivity index (χ0) is 18.9. The van der Waals surface area contributed by atoms with Crippen molar-refractivity contribution >= 4 is 16.7 Å². The summed E-state index contributed by atoms with van der Waals surface area (Å²) in [5, 5.41) is 6.12. The van der Waals surface area contributed by atoms with E-state index in [-0.39, 0.29) is 5.54 Å². The minimum atomic E-state index is 0.167. The zero-order valence-corrected chi connectivity index (χ0v) is 16.4. The molecule has 1 aromatic heterocycles. The Morgan fingerprint density at radius 3 is 2.70 bits per heavy atom. The van der Waals surface area contributed by atoms with Gasteiger partial charge in [-0.05, 0) is 56.0 Å². The van der Waals surface area contributed by atoms with E-state index in [0.29, 0.717) is 5.92 Å². The molecule has 4 nitrogen and oxygen atoms in total. The second kappa shape index (κ2) is 7.28. The Labute approximate surface area is 161 Å². The first-order chi connectivity index (χ1) is 13.0. The van der Waals surface area contributed by atoms with Gasteiger partial charge in [0.25, 0.3) is 0 Å². The van der Waals surface area contributed by atoms with Gasteiger partial charge in [-0.25, -0.2) is 9.97 Å². The zero-order valence-electron chi connectivity index (χ0n) is 16.4. The van der Waals surface area contributed by atoms with Crippen LogP contribution in [0.25, 0.3) is 22.0 Å². The molecule has 4 rings (SSSR count). The number of rotatable bonds is 4. The first-order valence-corrected chi connectivity index (χ1v) is 9.80. The third-order valence-electron chi connectivity index (χ3n) is 5.18. The Hall–Kier alpha value is -2.46. The van der Waals surface area contributed by atoms with Crippen molar-refractivity contribution in [3.8, 4) is 11.3 Å². The normalized spacial score (nSPS) is 17.6. The van der Waals surface area contributed by atoms with Gasteiger partial charge < -0.3 is 10.2 Å². The van der Waals surface area contributed by atoms with E-state index < -0.39 is 0 Å². The van der Waals surface area contributed by atoms with E-state index in [4.69, 9.17) is 4.98 Å². The molecule has 1 atom stereocenters. The van der Waals surface area contributed by atoms with Gasteiger partial charge in [0.05, 0.1) is 5.69 Å². The van der Waals surface area contributed by atoms with Crippen LogP contribution < -0.4 is 10.2 Å². The van der Waals surface area contributed by atoms with Crippen LogP contribution in [0.2, 0.25) is 0 Å². The Morgan fingerprint density at radius 1 is 1.07 bits per heavy atom. The molecule has 1 fully saturated rings. The molecule has 1 saturated heterocycles. The third-order valence-corrected chi connectivity index (χ3v) is 5.18. The number of aromatic nitrogens is 2. The molecule has 0 amide bonds. The quantitative estimate of drug-likeness (QED) is 0.743. The summed E-state index contributed by atoms with van der Waals surface area (Å²) in [5.74, 6) is 1.50. The summed E-state index contributed by atoms with van der Waals surface area (Å²) in [6.07, 6.45) is 3.07. The van der Waals surface area contributed by atoms with Gasteiger partial charge in [-0.3, -0.25) is 0 Å². The van der Waals surface area contributed by atoms with E-state index in [9.17, 15) is 0 Å². The molecule has 3 aromatic rings. The maximum absolute atomic E-state index is 4.87. The minimum Gasteiger partial charge on any atom is -0.340 e. The molecule has 27 heavy (non-hydrogen) atoms. The summed E-state index contributed by atoms with van der Waals surface area (Å²) in [6, 6.07) is 17.0. The average molecular weight is 361 g/mol. The topological polar surface area (TPSA) is 41.0 Å². The SMILES string of the molecule is CC(C)(C)NC[C@@H]1CCN(c2nccc(-c3ccc4ccccc4c3)n2)C1. The number of nitrogens with zero attached hydrogens (tertiary/aromatic N) is 3. The first kappa shape index (κ1) is 17.9. The lowest BCUT2D eigenvalue weighted by atomic mass is 10.1. The van der Waals surface area contributed by atoms with E-state index in [1.54, 1.807) is 0 Å². The van der Waals surface area contributed by atoms with Crippen LogP contribution in [0.5, 0.6) is 0 Å². The molecule has 1 aliphatic heterocycles. The molecular formula is C23H28N4. The minimum absolute atomic E-state index is 0.167. The Balaban J connectivity index is 1.51. The molecule has 0 unspecified atom stereocenters. The number of benzene rings is 2. The molecule has 2 heterocycles. The molecule has 0 aliphatic carbocycles. The van der Waals surface area contributed by atoms with Gasteiger partial charge in [-0.15, -0.1) is 0 Å². The fourth-order valence-corrected chi connectivity index (χ4v) is 3.64. The number of anilines is 1. The molecule has 140 valence electrons. The van der Waals surface area contributed by atoms with Crippen molar-refractivity contribution in [1.82, 2.24) is 15.3 Å². The van der Waals surface area contributed by atoms with Crippen molar-refractivity contribution in [2.45, 2.75) is 32.7 Å². The summed E-state index contributed by atoms with van der Waals surface area (Å²) in [5.41, 5.74) is 2.30. The van der Waals surface area contributed by atoms with Crippen LogP contribution in [0.4, 0.5) is 5.95 Å². The Bertz CT molecular complexity index is 929. The highest BCUT2D eigenvalue weighted by Crippen LogP contribution is 2.26. The summed E-state index contributed by atoms with van der Waals surface area (Å²) in [7, 11) is 0. The number of hydrogen-bond donors (Lipinski definition) is 1. The lowest BCUT2D eigenvalue weighted by Gasteiger charge is -2.23. The second-order valence-electron chi connectivity index (χ2n) is 8.54. The predicted molar refractivity (Wildman–Crippen MR) is 113 cm³/mol. The fourth-order valence-electron chi connectivity index (χ4n) is 3.64. The van der Waals surface area contributed by atoms with E-state index in [2.05, 4.69) is 78.4 Å². The van der Waals surface area contributed by atoms with Crippen LogP contribution in [-0.2, 0) is 0 Å². The van der Waals surface area contributed by atoms with Crippen LogP contribution in [0.3, 0.4) is 0 Å². The first-order valence-electron chi connectivity index (χ1n) is 9.80. The van der Waals surface area contributed by atoms with E-state index >= 15 is 0 Å². The Morgan fingerprint density at radius 2 is 1.89 bits per heavy atom. The van der Waals surface area contributed by atoms with E-state index in [1.807, 2.05) is 12.3 Å². The van der Waals surface area contributed by atoms with Crippen molar-refractivity contribution in [2.75, 3.05) is 24.5 Å².